The minimum absolute atomic E-state index is 0.269. The number of carbonyl (C=O) groups excluding carboxylic acids is 1. The van der Waals surface area contributed by atoms with E-state index in [-0.39, 0.29) is 12.6 Å². The summed E-state index contributed by atoms with van der Waals surface area (Å²) in [5, 5.41) is 7.53. The van der Waals surface area contributed by atoms with E-state index in [4.69, 9.17) is 17.0 Å². The van der Waals surface area contributed by atoms with Crippen LogP contribution in [0.4, 0.5) is 0 Å². The van der Waals surface area contributed by atoms with E-state index in [2.05, 4.69) is 15.0 Å². The second-order valence-corrected chi connectivity index (χ2v) is 7.16. The zero-order valence-corrected chi connectivity index (χ0v) is 13.9. The van der Waals surface area contributed by atoms with Gasteiger partial charge in [-0.3, -0.25) is 0 Å². The Balaban J connectivity index is 1.68. The number of aryl methyl sites for hydroxylation is 1. The molecule has 2 aromatic heterocycles. The molecule has 3 heterocycles. The number of hydrogen-bond acceptors (Lipinski definition) is 6. The molecule has 21 heavy (non-hydrogen) atoms. The normalized spacial score (nSPS) is 15.0. The van der Waals surface area contributed by atoms with Crippen molar-refractivity contribution in [1.82, 2.24) is 15.0 Å². The first-order valence-corrected chi connectivity index (χ1v) is 8.31. The Labute approximate surface area is 135 Å². The van der Waals surface area contributed by atoms with E-state index in [1.54, 1.807) is 11.3 Å². The van der Waals surface area contributed by atoms with E-state index >= 15 is 0 Å². The first-order chi connectivity index (χ1) is 10.0. The van der Waals surface area contributed by atoms with Crippen LogP contribution in [0.1, 0.15) is 16.7 Å². The smallest absolute Gasteiger partial charge is 0.337 e. The standard InChI is InChI=1S/C13H13N3O2S3/c1-6-10(4-14-13(19)15-6)12(17)18-5-8-3-9-7(2)21-16-11(9)20-8/h3H,4-5H2,1-2H3,(H2,14,15,19). The molecule has 0 saturated heterocycles. The molecule has 1 aliphatic rings. The highest BCUT2D eigenvalue weighted by Crippen LogP contribution is 2.30. The van der Waals surface area contributed by atoms with Crippen LogP contribution in [0.5, 0.6) is 0 Å². The maximum absolute atomic E-state index is 12.1. The summed E-state index contributed by atoms with van der Waals surface area (Å²) in [5.74, 6) is -0.324. The molecular weight excluding hydrogens is 326 g/mol. The van der Waals surface area contributed by atoms with Gasteiger partial charge in [0, 0.05) is 20.8 Å². The molecule has 0 unspecified atom stereocenters. The molecule has 1 aliphatic heterocycles. The third-order valence-electron chi connectivity index (χ3n) is 3.18. The Kier molecular flexibility index (Phi) is 3.92. The largest absolute Gasteiger partial charge is 0.457 e. The highest BCUT2D eigenvalue weighted by Gasteiger charge is 2.20. The van der Waals surface area contributed by atoms with Crippen LogP contribution in [0.2, 0.25) is 0 Å². The van der Waals surface area contributed by atoms with Gasteiger partial charge in [-0.1, -0.05) is 0 Å². The van der Waals surface area contributed by atoms with Crippen molar-refractivity contribution < 1.29 is 9.53 Å². The molecule has 0 fully saturated rings. The van der Waals surface area contributed by atoms with Gasteiger partial charge in [0.05, 0.1) is 12.1 Å². The zero-order valence-electron chi connectivity index (χ0n) is 11.5. The van der Waals surface area contributed by atoms with E-state index in [0.29, 0.717) is 17.2 Å². The van der Waals surface area contributed by atoms with Crippen LogP contribution in [-0.4, -0.2) is 22.0 Å². The van der Waals surface area contributed by atoms with Crippen molar-refractivity contribution in [2.75, 3.05) is 6.54 Å². The van der Waals surface area contributed by atoms with E-state index < -0.39 is 0 Å². The van der Waals surface area contributed by atoms with E-state index in [0.717, 1.165) is 20.8 Å². The van der Waals surface area contributed by atoms with Gasteiger partial charge in [-0.05, 0) is 43.7 Å². The Bertz CT molecular complexity index is 760. The van der Waals surface area contributed by atoms with Crippen LogP contribution in [0.3, 0.4) is 0 Å². The van der Waals surface area contributed by atoms with Crippen molar-refractivity contribution in [3.8, 4) is 0 Å². The molecule has 110 valence electrons. The number of thiocarbonyl (C=S) groups is 1. The van der Waals surface area contributed by atoms with Crippen molar-refractivity contribution in [2.24, 2.45) is 0 Å². The van der Waals surface area contributed by atoms with Crippen LogP contribution < -0.4 is 10.6 Å². The van der Waals surface area contributed by atoms with Gasteiger partial charge < -0.3 is 15.4 Å². The average molecular weight is 339 g/mol. The topological polar surface area (TPSA) is 63.2 Å². The molecular formula is C13H13N3O2S3. The third kappa shape index (κ3) is 2.92. The average Bonchev–Trinajstić information content (AvgIpc) is 2.98. The van der Waals surface area contributed by atoms with E-state index in [9.17, 15) is 4.79 Å². The Morgan fingerprint density at radius 3 is 3.05 bits per heavy atom. The van der Waals surface area contributed by atoms with Crippen molar-refractivity contribution in [3.63, 3.8) is 0 Å². The molecule has 8 heteroatoms. The molecule has 0 spiro atoms. The van der Waals surface area contributed by atoms with E-state index in [1.807, 2.05) is 19.9 Å². The Morgan fingerprint density at radius 2 is 2.33 bits per heavy atom. The second kappa shape index (κ2) is 5.70. The van der Waals surface area contributed by atoms with Gasteiger partial charge in [0.25, 0.3) is 0 Å². The number of nitrogens with one attached hydrogen (secondary N) is 2. The Morgan fingerprint density at radius 1 is 1.52 bits per heavy atom. The van der Waals surface area contributed by atoms with Crippen LogP contribution in [-0.2, 0) is 16.1 Å². The number of allylic oxidation sites excluding steroid dienone is 1. The number of rotatable bonds is 3. The summed E-state index contributed by atoms with van der Waals surface area (Å²) >= 11 is 8.05. The van der Waals surface area contributed by atoms with Crippen molar-refractivity contribution in [3.05, 3.63) is 27.1 Å². The van der Waals surface area contributed by atoms with Gasteiger partial charge in [-0.2, -0.15) is 4.37 Å². The fourth-order valence-corrected chi connectivity index (χ4v) is 4.01. The lowest BCUT2D eigenvalue weighted by Crippen LogP contribution is -2.42. The van der Waals surface area contributed by atoms with Crippen molar-refractivity contribution in [1.29, 1.82) is 0 Å². The maximum atomic E-state index is 12.1. The van der Waals surface area contributed by atoms with E-state index in [1.165, 1.54) is 16.4 Å². The number of carbonyl (C=O) groups is 1. The molecule has 0 amide bonds. The number of aromatic nitrogens is 1. The highest BCUT2D eigenvalue weighted by atomic mass is 32.1. The molecule has 0 aliphatic carbocycles. The van der Waals surface area contributed by atoms with Gasteiger partial charge in [0.1, 0.15) is 11.4 Å². The van der Waals surface area contributed by atoms with Crippen LogP contribution in [0.25, 0.3) is 10.2 Å². The number of ether oxygens (including phenoxy) is 1. The quantitative estimate of drug-likeness (QED) is 0.662. The van der Waals surface area contributed by atoms with Crippen LogP contribution in [0, 0.1) is 6.92 Å². The summed E-state index contributed by atoms with van der Waals surface area (Å²) in [6.07, 6.45) is 0. The van der Waals surface area contributed by atoms with Gasteiger partial charge in [0.2, 0.25) is 0 Å². The number of thiophene rings is 1. The zero-order chi connectivity index (χ0) is 15.0. The highest BCUT2D eigenvalue weighted by molar-refractivity contribution is 7.80. The number of fused-ring (bicyclic) bond motifs is 1. The fourth-order valence-electron chi connectivity index (χ4n) is 2.02. The SMILES string of the molecule is CC1=C(C(=O)OCc2cc3c(C)snc3s2)CNC(=S)N1. The molecule has 2 N–H and O–H groups in total. The van der Waals surface area contributed by atoms with Gasteiger partial charge in [-0.15, -0.1) is 11.3 Å². The van der Waals surface area contributed by atoms with Crippen molar-refractivity contribution >= 4 is 56.4 Å². The molecule has 0 atom stereocenters. The molecule has 0 bridgehead atoms. The number of nitrogens with zero attached hydrogens (tertiary/aromatic N) is 1. The maximum Gasteiger partial charge on any atom is 0.337 e. The molecule has 3 rings (SSSR count). The summed E-state index contributed by atoms with van der Waals surface area (Å²) < 4.78 is 9.73. The molecule has 0 radical (unpaired) electrons. The van der Waals surface area contributed by atoms with Gasteiger partial charge >= 0.3 is 5.97 Å². The predicted octanol–water partition coefficient (Wildman–Crippen LogP) is 2.46. The number of esters is 1. The summed E-state index contributed by atoms with van der Waals surface area (Å²) in [5.41, 5.74) is 1.32. The monoisotopic (exact) mass is 339 g/mol. The van der Waals surface area contributed by atoms with Crippen molar-refractivity contribution in [2.45, 2.75) is 20.5 Å². The molecule has 5 nitrogen and oxygen atoms in total. The number of hydrogen-bond donors (Lipinski definition) is 2. The Hall–Kier alpha value is -1.51. The third-order valence-corrected chi connectivity index (χ3v) is 5.31. The first-order valence-electron chi connectivity index (χ1n) is 6.31. The summed E-state index contributed by atoms with van der Waals surface area (Å²) in [4.78, 5) is 15.3. The first kappa shape index (κ1) is 14.4. The molecule has 0 saturated carbocycles. The van der Waals surface area contributed by atoms with Gasteiger partial charge in [0.15, 0.2) is 5.11 Å². The van der Waals surface area contributed by atoms with Crippen LogP contribution in [0.15, 0.2) is 17.3 Å². The molecule has 0 aromatic carbocycles. The molecule has 2 aromatic rings. The summed E-state index contributed by atoms with van der Waals surface area (Å²) in [7, 11) is 0. The second-order valence-electron chi connectivity index (χ2n) is 4.66. The van der Waals surface area contributed by atoms with Gasteiger partial charge in [-0.25, -0.2) is 4.79 Å². The lowest BCUT2D eigenvalue weighted by atomic mass is 10.2. The fraction of sp³-hybridized carbons (Fsp3) is 0.308. The minimum atomic E-state index is -0.324. The minimum Gasteiger partial charge on any atom is -0.457 e. The van der Waals surface area contributed by atoms with Crippen LogP contribution >= 0.6 is 35.1 Å². The lowest BCUT2D eigenvalue weighted by molar-refractivity contribution is -0.140. The lowest BCUT2D eigenvalue weighted by Gasteiger charge is -2.20. The summed E-state index contributed by atoms with van der Waals surface area (Å²) in [6, 6.07) is 2.04. The predicted molar refractivity (Wildman–Crippen MR) is 88.5 cm³/mol. The summed E-state index contributed by atoms with van der Waals surface area (Å²) in [6.45, 7) is 4.53.